The number of aromatic nitrogens is 5. The smallest absolute Gasteiger partial charge is 0.157 e. The Morgan fingerprint density at radius 3 is 2.71 bits per heavy atom. The highest BCUT2D eigenvalue weighted by molar-refractivity contribution is 5.89. The highest BCUT2D eigenvalue weighted by Gasteiger charge is 2.19. The minimum absolute atomic E-state index is 0.704. The lowest BCUT2D eigenvalue weighted by Crippen LogP contribution is -2.36. The van der Waals surface area contributed by atoms with Crippen LogP contribution < -0.4 is 15.0 Å². The lowest BCUT2D eigenvalue weighted by atomic mass is 10.1. The summed E-state index contributed by atoms with van der Waals surface area (Å²) in [5, 5.41) is 12.1. The number of morpholine rings is 1. The third kappa shape index (κ3) is 3.60. The van der Waals surface area contributed by atoms with Crippen LogP contribution in [0.25, 0.3) is 27.8 Å². The maximum Gasteiger partial charge on any atom is 0.157 e. The summed E-state index contributed by atoms with van der Waals surface area (Å²) < 4.78 is 12.9. The Labute approximate surface area is 196 Å². The van der Waals surface area contributed by atoms with Crippen LogP contribution in [0.4, 0.5) is 17.3 Å². The Kier molecular flexibility index (Phi) is 5.03. The summed E-state index contributed by atoms with van der Waals surface area (Å²) in [6.45, 7) is 5.07. The van der Waals surface area contributed by atoms with Gasteiger partial charge in [-0.05, 0) is 43.3 Å². The van der Waals surface area contributed by atoms with Crippen molar-refractivity contribution in [2.75, 3.05) is 43.6 Å². The summed E-state index contributed by atoms with van der Waals surface area (Å²) in [5.74, 6) is 2.58. The Balaban J connectivity index is 1.50. The number of fused-ring (bicyclic) bond motifs is 2. The first-order valence-electron chi connectivity index (χ1n) is 11.3. The van der Waals surface area contributed by atoms with Crippen molar-refractivity contribution < 1.29 is 9.47 Å². The van der Waals surface area contributed by atoms with E-state index in [9.17, 15) is 0 Å². The molecule has 0 atom stereocenters. The topological polar surface area (TPSA) is 92.6 Å². The summed E-state index contributed by atoms with van der Waals surface area (Å²) in [5.41, 5.74) is 5.53. The van der Waals surface area contributed by atoms with E-state index in [0.29, 0.717) is 13.2 Å². The minimum atomic E-state index is 0.704. The van der Waals surface area contributed by atoms with E-state index in [1.807, 2.05) is 49.6 Å². The zero-order chi connectivity index (χ0) is 23.1. The first-order valence-corrected chi connectivity index (χ1v) is 11.3. The zero-order valence-corrected chi connectivity index (χ0v) is 19.1. The van der Waals surface area contributed by atoms with Crippen molar-refractivity contribution in [2.45, 2.75) is 6.92 Å². The molecule has 2 aromatic carbocycles. The number of hydrogen-bond donors (Lipinski definition) is 2. The number of rotatable bonds is 5. The molecule has 2 N–H and O–H groups in total. The molecule has 1 aliphatic heterocycles. The number of benzene rings is 2. The van der Waals surface area contributed by atoms with Crippen LogP contribution in [0.1, 0.15) is 5.69 Å². The standard InChI is InChI=1S/C25H25N7O2/c1-16-20-13-17(3-8-21(20)30-29-16)24-25(27-18-4-6-19(33-2)7-5-18)32-15-23(26-14-22(32)28-24)31-9-11-34-12-10-31/h3-8,13-15,27H,9-12H2,1-2H3,(H,29,30). The summed E-state index contributed by atoms with van der Waals surface area (Å²) in [7, 11) is 1.67. The molecular weight excluding hydrogens is 430 g/mol. The van der Waals surface area contributed by atoms with Gasteiger partial charge in [0.25, 0.3) is 0 Å². The molecule has 4 heterocycles. The predicted molar refractivity (Wildman–Crippen MR) is 132 cm³/mol. The number of aryl methyl sites for hydroxylation is 1. The van der Waals surface area contributed by atoms with Gasteiger partial charge in [0.2, 0.25) is 0 Å². The number of hydrogen-bond acceptors (Lipinski definition) is 7. The SMILES string of the molecule is COc1ccc(Nc2c(-c3ccc4n[nH]c(C)c4c3)nc3cnc(N4CCOCC4)cn23)cc1. The van der Waals surface area contributed by atoms with Crippen molar-refractivity contribution in [1.82, 2.24) is 24.6 Å². The van der Waals surface area contributed by atoms with Crippen molar-refractivity contribution in [3.63, 3.8) is 0 Å². The second-order valence-corrected chi connectivity index (χ2v) is 8.32. The number of methoxy groups -OCH3 is 1. The summed E-state index contributed by atoms with van der Waals surface area (Å²) in [6.07, 6.45) is 3.87. The Morgan fingerprint density at radius 2 is 1.91 bits per heavy atom. The predicted octanol–water partition coefficient (Wildman–Crippen LogP) is 4.17. The largest absolute Gasteiger partial charge is 0.497 e. The lowest BCUT2D eigenvalue weighted by Gasteiger charge is -2.27. The molecule has 1 saturated heterocycles. The summed E-state index contributed by atoms with van der Waals surface area (Å²) >= 11 is 0. The van der Waals surface area contributed by atoms with Gasteiger partial charge in [-0.15, -0.1) is 0 Å². The highest BCUT2D eigenvalue weighted by atomic mass is 16.5. The molecule has 34 heavy (non-hydrogen) atoms. The second kappa shape index (κ2) is 8.35. The normalized spacial score (nSPS) is 14.1. The van der Waals surface area contributed by atoms with Gasteiger partial charge in [-0.2, -0.15) is 5.10 Å². The third-order valence-electron chi connectivity index (χ3n) is 6.20. The molecular formula is C25H25N7O2. The van der Waals surface area contributed by atoms with Crippen LogP contribution in [0.2, 0.25) is 0 Å². The molecule has 0 unspecified atom stereocenters. The third-order valence-corrected chi connectivity index (χ3v) is 6.20. The fraction of sp³-hybridized carbons (Fsp3) is 0.240. The van der Waals surface area contributed by atoms with Crippen molar-refractivity contribution in [2.24, 2.45) is 0 Å². The molecule has 0 spiro atoms. The molecule has 0 aliphatic carbocycles. The van der Waals surface area contributed by atoms with Gasteiger partial charge in [-0.25, -0.2) is 9.97 Å². The number of nitrogens with one attached hydrogen (secondary N) is 2. The van der Waals surface area contributed by atoms with Crippen LogP contribution in [0, 0.1) is 6.92 Å². The number of H-pyrrole nitrogens is 1. The molecule has 3 aromatic heterocycles. The number of ether oxygens (including phenoxy) is 2. The number of anilines is 3. The number of imidazole rings is 1. The van der Waals surface area contributed by atoms with E-state index in [4.69, 9.17) is 19.4 Å². The fourth-order valence-corrected chi connectivity index (χ4v) is 4.32. The van der Waals surface area contributed by atoms with E-state index in [2.05, 4.69) is 36.9 Å². The van der Waals surface area contributed by atoms with Crippen LogP contribution in [0.15, 0.2) is 54.9 Å². The van der Waals surface area contributed by atoms with E-state index in [-0.39, 0.29) is 0 Å². The van der Waals surface area contributed by atoms with Crippen LogP contribution in [0.3, 0.4) is 0 Å². The Morgan fingerprint density at radius 1 is 1.09 bits per heavy atom. The van der Waals surface area contributed by atoms with Gasteiger partial charge in [0.1, 0.15) is 23.1 Å². The molecule has 0 radical (unpaired) electrons. The van der Waals surface area contributed by atoms with Crippen LogP contribution in [0.5, 0.6) is 5.75 Å². The van der Waals surface area contributed by atoms with Crippen LogP contribution in [-0.4, -0.2) is 58.0 Å². The molecule has 0 amide bonds. The minimum Gasteiger partial charge on any atom is -0.497 e. The molecule has 6 rings (SSSR count). The average Bonchev–Trinajstić information content (AvgIpc) is 3.44. The van der Waals surface area contributed by atoms with Gasteiger partial charge < -0.3 is 19.7 Å². The van der Waals surface area contributed by atoms with Crippen molar-refractivity contribution >= 4 is 33.9 Å². The molecule has 9 heteroatoms. The van der Waals surface area contributed by atoms with Crippen molar-refractivity contribution in [3.05, 3.63) is 60.6 Å². The first kappa shape index (κ1) is 20.5. The number of aromatic amines is 1. The van der Waals surface area contributed by atoms with Gasteiger partial charge in [0.05, 0.1) is 38.2 Å². The van der Waals surface area contributed by atoms with E-state index in [1.54, 1.807) is 7.11 Å². The maximum atomic E-state index is 5.51. The summed E-state index contributed by atoms with van der Waals surface area (Å²) in [4.78, 5) is 11.9. The molecule has 0 bridgehead atoms. The van der Waals surface area contributed by atoms with Gasteiger partial charge in [-0.3, -0.25) is 9.50 Å². The van der Waals surface area contributed by atoms with Gasteiger partial charge in [-0.1, -0.05) is 6.07 Å². The average molecular weight is 456 g/mol. The Hall–Kier alpha value is -4.11. The molecule has 1 aliphatic rings. The van der Waals surface area contributed by atoms with Crippen molar-refractivity contribution in [1.29, 1.82) is 0 Å². The van der Waals surface area contributed by atoms with Crippen LogP contribution >= 0.6 is 0 Å². The zero-order valence-electron chi connectivity index (χ0n) is 19.1. The molecule has 0 saturated carbocycles. The van der Waals surface area contributed by atoms with E-state index in [0.717, 1.165) is 69.7 Å². The fourth-order valence-electron chi connectivity index (χ4n) is 4.32. The van der Waals surface area contributed by atoms with E-state index < -0.39 is 0 Å². The Bertz CT molecular complexity index is 1470. The van der Waals surface area contributed by atoms with Crippen molar-refractivity contribution in [3.8, 4) is 17.0 Å². The molecule has 1 fully saturated rings. The van der Waals surface area contributed by atoms with Gasteiger partial charge in [0.15, 0.2) is 5.65 Å². The summed E-state index contributed by atoms with van der Waals surface area (Å²) in [6, 6.07) is 14.1. The number of nitrogens with zero attached hydrogens (tertiary/aromatic N) is 5. The molecule has 172 valence electrons. The van der Waals surface area contributed by atoms with E-state index in [1.165, 1.54) is 0 Å². The highest BCUT2D eigenvalue weighted by Crippen LogP contribution is 2.34. The monoisotopic (exact) mass is 455 g/mol. The second-order valence-electron chi connectivity index (χ2n) is 8.32. The van der Waals surface area contributed by atoms with Gasteiger partial charge >= 0.3 is 0 Å². The molecule has 9 nitrogen and oxygen atoms in total. The van der Waals surface area contributed by atoms with Crippen LogP contribution in [-0.2, 0) is 4.74 Å². The molecule has 5 aromatic rings. The first-order chi connectivity index (χ1) is 16.7. The quantitative estimate of drug-likeness (QED) is 0.411. The van der Waals surface area contributed by atoms with E-state index >= 15 is 0 Å². The lowest BCUT2D eigenvalue weighted by molar-refractivity contribution is 0.122. The maximum absolute atomic E-state index is 5.51. The van der Waals surface area contributed by atoms with Gasteiger partial charge in [0, 0.05) is 35.4 Å².